The summed E-state index contributed by atoms with van der Waals surface area (Å²) in [5.74, 6) is -0.657. The van der Waals surface area contributed by atoms with Crippen LogP contribution in [0.1, 0.15) is 39.5 Å². The van der Waals surface area contributed by atoms with Gasteiger partial charge in [0, 0.05) is 13.2 Å². The highest BCUT2D eigenvalue weighted by atomic mass is 32.2. The molecule has 0 aromatic carbocycles. The number of nitrogens with one attached hydrogen (secondary N) is 1. The molecule has 0 amide bonds. The first-order valence-corrected chi connectivity index (χ1v) is 8.76. The van der Waals surface area contributed by atoms with Crippen LogP contribution in [0.2, 0.25) is 0 Å². The fraction of sp³-hybridized carbons (Fsp3) is 0.923. The molecule has 1 heterocycles. The van der Waals surface area contributed by atoms with Crippen molar-refractivity contribution >= 4 is 16.0 Å². The average molecular weight is 307 g/mol. The first-order valence-electron chi connectivity index (χ1n) is 7.10. The summed E-state index contributed by atoms with van der Waals surface area (Å²) in [4.78, 5) is 11.1. The van der Waals surface area contributed by atoms with Crippen LogP contribution in [0.3, 0.4) is 0 Å². The lowest BCUT2D eigenvalue weighted by molar-refractivity contribution is -0.139. The van der Waals surface area contributed by atoms with Gasteiger partial charge in [-0.15, -0.1) is 0 Å². The normalized spacial score (nSPS) is 19.1. The van der Waals surface area contributed by atoms with Crippen molar-refractivity contribution in [1.82, 2.24) is 4.72 Å². The number of ether oxygens (including phenoxy) is 1. The zero-order valence-electron chi connectivity index (χ0n) is 12.2. The molecule has 0 aromatic rings. The molecular weight excluding hydrogens is 282 g/mol. The van der Waals surface area contributed by atoms with Crippen LogP contribution in [-0.4, -0.2) is 44.5 Å². The predicted octanol–water partition coefficient (Wildman–Crippen LogP) is 1.22. The molecule has 0 aromatic heterocycles. The minimum Gasteiger partial charge on any atom is -0.480 e. The Kier molecular flexibility index (Phi) is 6.91. The average Bonchev–Trinajstić information content (AvgIpc) is 2.36. The Hall–Kier alpha value is -0.660. The summed E-state index contributed by atoms with van der Waals surface area (Å²) < 4.78 is 31.5. The molecule has 1 atom stereocenters. The molecule has 0 saturated carbocycles. The summed E-state index contributed by atoms with van der Waals surface area (Å²) in [6.45, 7) is 5.10. The van der Waals surface area contributed by atoms with Gasteiger partial charge in [0.25, 0.3) is 0 Å². The molecule has 2 N–H and O–H groups in total. The van der Waals surface area contributed by atoms with Crippen LogP contribution in [0.5, 0.6) is 0 Å². The van der Waals surface area contributed by atoms with E-state index in [1.165, 1.54) is 0 Å². The second-order valence-corrected chi connectivity index (χ2v) is 7.67. The number of rotatable bonds is 8. The number of carbonyl (C=O) groups is 1. The van der Waals surface area contributed by atoms with E-state index in [4.69, 9.17) is 9.84 Å². The molecule has 118 valence electrons. The number of carboxylic acid groups (broad SMARTS) is 1. The van der Waals surface area contributed by atoms with Crippen LogP contribution in [0.15, 0.2) is 0 Å². The quantitative estimate of drug-likeness (QED) is 0.703. The number of hydrogen-bond donors (Lipinski definition) is 2. The SMILES string of the molecule is CC(C)C[C@H](NS(=O)(=O)CCC1CCOCC1)C(=O)O. The molecule has 20 heavy (non-hydrogen) atoms. The van der Waals surface area contributed by atoms with Gasteiger partial charge < -0.3 is 9.84 Å². The third-order valence-electron chi connectivity index (χ3n) is 3.46. The fourth-order valence-electron chi connectivity index (χ4n) is 2.30. The van der Waals surface area contributed by atoms with E-state index >= 15 is 0 Å². The van der Waals surface area contributed by atoms with E-state index < -0.39 is 22.0 Å². The number of hydrogen-bond acceptors (Lipinski definition) is 4. The Labute approximate surface area is 120 Å². The van der Waals surface area contributed by atoms with Crippen LogP contribution in [0.4, 0.5) is 0 Å². The van der Waals surface area contributed by atoms with E-state index in [0.29, 0.717) is 32.0 Å². The molecule has 0 radical (unpaired) electrons. The molecule has 1 fully saturated rings. The maximum absolute atomic E-state index is 12.0. The van der Waals surface area contributed by atoms with E-state index in [0.717, 1.165) is 12.8 Å². The summed E-state index contributed by atoms with van der Waals surface area (Å²) >= 11 is 0. The molecule has 0 unspecified atom stereocenters. The lowest BCUT2D eigenvalue weighted by Crippen LogP contribution is -2.42. The Balaban J connectivity index is 2.47. The van der Waals surface area contributed by atoms with Gasteiger partial charge in [0.1, 0.15) is 6.04 Å². The maximum atomic E-state index is 12.0. The smallest absolute Gasteiger partial charge is 0.321 e. The van der Waals surface area contributed by atoms with Crippen molar-refractivity contribution < 1.29 is 23.1 Å². The van der Waals surface area contributed by atoms with Crippen molar-refractivity contribution in [3.63, 3.8) is 0 Å². The van der Waals surface area contributed by atoms with Crippen molar-refractivity contribution in [1.29, 1.82) is 0 Å². The second-order valence-electron chi connectivity index (χ2n) is 5.80. The minimum atomic E-state index is -3.54. The Bertz CT molecular complexity index is 401. The first-order chi connectivity index (χ1) is 9.30. The molecule has 7 heteroatoms. The van der Waals surface area contributed by atoms with Gasteiger partial charge in [0.15, 0.2) is 0 Å². The summed E-state index contributed by atoms with van der Waals surface area (Å²) in [5, 5.41) is 9.06. The lowest BCUT2D eigenvalue weighted by Gasteiger charge is -2.22. The molecule has 1 rings (SSSR count). The summed E-state index contributed by atoms with van der Waals surface area (Å²) in [5.41, 5.74) is 0. The van der Waals surface area contributed by atoms with Gasteiger partial charge in [-0.25, -0.2) is 13.1 Å². The molecule has 1 aliphatic rings. The van der Waals surface area contributed by atoms with E-state index in [1.807, 2.05) is 13.8 Å². The van der Waals surface area contributed by atoms with Gasteiger partial charge in [-0.2, -0.15) is 0 Å². The van der Waals surface area contributed by atoms with Gasteiger partial charge in [0.2, 0.25) is 10.0 Å². The zero-order chi connectivity index (χ0) is 15.2. The zero-order valence-corrected chi connectivity index (χ0v) is 13.0. The van der Waals surface area contributed by atoms with Crippen molar-refractivity contribution in [2.75, 3.05) is 19.0 Å². The van der Waals surface area contributed by atoms with Crippen molar-refractivity contribution in [2.24, 2.45) is 11.8 Å². The monoisotopic (exact) mass is 307 g/mol. The molecule has 6 nitrogen and oxygen atoms in total. The van der Waals surface area contributed by atoms with Crippen molar-refractivity contribution in [3.8, 4) is 0 Å². The number of aliphatic carboxylic acids is 1. The first kappa shape index (κ1) is 17.4. The van der Waals surface area contributed by atoms with Crippen LogP contribution in [-0.2, 0) is 19.6 Å². The van der Waals surface area contributed by atoms with Crippen LogP contribution >= 0.6 is 0 Å². The highest BCUT2D eigenvalue weighted by Crippen LogP contribution is 2.19. The van der Waals surface area contributed by atoms with Crippen LogP contribution < -0.4 is 4.72 Å². The largest absolute Gasteiger partial charge is 0.480 e. The van der Waals surface area contributed by atoms with Gasteiger partial charge in [-0.1, -0.05) is 13.8 Å². The van der Waals surface area contributed by atoms with E-state index in [9.17, 15) is 13.2 Å². The molecule has 0 spiro atoms. The summed E-state index contributed by atoms with van der Waals surface area (Å²) in [7, 11) is -3.54. The third kappa shape index (κ3) is 6.67. The van der Waals surface area contributed by atoms with Gasteiger partial charge in [0.05, 0.1) is 5.75 Å². The van der Waals surface area contributed by atoms with E-state index in [1.54, 1.807) is 0 Å². The molecule has 1 saturated heterocycles. The van der Waals surface area contributed by atoms with Crippen molar-refractivity contribution in [2.45, 2.75) is 45.6 Å². The second kappa shape index (κ2) is 7.95. The highest BCUT2D eigenvalue weighted by Gasteiger charge is 2.25. The summed E-state index contributed by atoms with van der Waals surface area (Å²) in [6, 6.07) is -1.03. The Morgan fingerprint density at radius 2 is 1.95 bits per heavy atom. The maximum Gasteiger partial charge on any atom is 0.321 e. The Morgan fingerprint density at radius 1 is 1.35 bits per heavy atom. The predicted molar refractivity (Wildman–Crippen MR) is 76.0 cm³/mol. The minimum absolute atomic E-state index is 0.0143. The fourth-order valence-corrected chi connectivity index (χ4v) is 3.70. The highest BCUT2D eigenvalue weighted by molar-refractivity contribution is 7.89. The van der Waals surface area contributed by atoms with Crippen LogP contribution in [0, 0.1) is 11.8 Å². The number of sulfonamides is 1. The molecular formula is C13H25NO5S. The van der Waals surface area contributed by atoms with E-state index in [2.05, 4.69) is 4.72 Å². The number of carboxylic acids is 1. The summed E-state index contributed by atoms with van der Waals surface area (Å²) in [6.07, 6.45) is 2.62. The standard InChI is InChI=1S/C13H25NO5S/c1-10(2)9-12(13(15)16)14-20(17,18)8-5-11-3-6-19-7-4-11/h10-12,14H,3-9H2,1-2H3,(H,15,16)/t12-/m0/s1. The molecule has 0 bridgehead atoms. The molecule has 0 aliphatic carbocycles. The Morgan fingerprint density at radius 3 is 2.45 bits per heavy atom. The third-order valence-corrected chi connectivity index (χ3v) is 4.88. The topological polar surface area (TPSA) is 92.7 Å². The van der Waals surface area contributed by atoms with Gasteiger partial charge >= 0.3 is 5.97 Å². The van der Waals surface area contributed by atoms with Gasteiger partial charge in [-0.3, -0.25) is 4.79 Å². The molecule has 1 aliphatic heterocycles. The van der Waals surface area contributed by atoms with E-state index in [-0.39, 0.29) is 11.7 Å². The van der Waals surface area contributed by atoms with Gasteiger partial charge in [-0.05, 0) is 37.5 Å². The van der Waals surface area contributed by atoms with Crippen molar-refractivity contribution in [3.05, 3.63) is 0 Å². The lowest BCUT2D eigenvalue weighted by atomic mass is 9.98. The van der Waals surface area contributed by atoms with Crippen LogP contribution in [0.25, 0.3) is 0 Å².